The molecule has 0 bridgehead atoms. The maximum atomic E-state index is 12.8. The van der Waals surface area contributed by atoms with Crippen molar-refractivity contribution in [3.05, 3.63) is 83.2 Å². The molecule has 0 aliphatic heterocycles. The van der Waals surface area contributed by atoms with E-state index in [1.807, 2.05) is 54.7 Å². The zero-order valence-electron chi connectivity index (χ0n) is 16.9. The Bertz CT molecular complexity index is 1210. The van der Waals surface area contributed by atoms with Gasteiger partial charge in [-0.15, -0.1) is 0 Å². The van der Waals surface area contributed by atoms with Gasteiger partial charge in [0.05, 0.1) is 6.54 Å². The van der Waals surface area contributed by atoms with E-state index in [0.29, 0.717) is 23.0 Å². The molecule has 0 unspecified atom stereocenters. The molecule has 7 heteroatoms. The number of aromatic amines is 1. The van der Waals surface area contributed by atoms with Gasteiger partial charge >= 0.3 is 0 Å². The molecule has 0 fully saturated rings. The summed E-state index contributed by atoms with van der Waals surface area (Å²) in [5, 5.41) is 7.29. The Kier molecular flexibility index (Phi) is 6.09. The standard InChI is InChI=1S/C24H22ClN3O3/c1-15(29)28-22(12-17-13-26-21-5-3-2-4-20(17)21)24(30)27-14-19-10-11-23(31-19)16-6-8-18(25)9-7-16/h2-11,13,22,26H,12,14H2,1H3,(H,27,30)(H,28,29)/t22-/m0/s1. The summed E-state index contributed by atoms with van der Waals surface area (Å²) in [7, 11) is 0. The Morgan fingerprint density at radius 3 is 2.61 bits per heavy atom. The number of benzene rings is 2. The minimum absolute atomic E-state index is 0.219. The van der Waals surface area contributed by atoms with Gasteiger partial charge < -0.3 is 20.0 Å². The van der Waals surface area contributed by atoms with Crippen LogP contribution in [0.1, 0.15) is 18.2 Å². The van der Waals surface area contributed by atoms with Crippen LogP contribution in [0.3, 0.4) is 0 Å². The lowest BCUT2D eigenvalue weighted by Crippen LogP contribution is -2.47. The minimum atomic E-state index is -0.692. The fourth-order valence-electron chi connectivity index (χ4n) is 3.51. The Hall–Kier alpha value is -3.51. The van der Waals surface area contributed by atoms with Crippen molar-refractivity contribution >= 4 is 34.3 Å². The minimum Gasteiger partial charge on any atom is -0.459 e. The Labute approximate surface area is 184 Å². The molecule has 0 aliphatic carbocycles. The van der Waals surface area contributed by atoms with Gasteiger partial charge in [-0.05, 0) is 48.0 Å². The zero-order chi connectivity index (χ0) is 21.8. The third kappa shape index (κ3) is 4.98. The van der Waals surface area contributed by atoms with E-state index in [2.05, 4.69) is 15.6 Å². The summed E-state index contributed by atoms with van der Waals surface area (Å²) in [5.74, 6) is 0.776. The molecule has 2 aromatic heterocycles. The van der Waals surface area contributed by atoms with Crippen LogP contribution in [-0.2, 0) is 22.6 Å². The van der Waals surface area contributed by atoms with Gasteiger partial charge in [0.2, 0.25) is 11.8 Å². The van der Waals surface area contributed by atoms with Crippen molar-refractivity contribution in [3.8, 4) is 11.3 Å². The fourth-order valence-corrected chi connectivity index (χ4v) is 3.64. The van der Waals surface area contributed by atoms with E-state index >= 15 is 0 Å². The van der Waals surface area contributed by atoms with Gasteiger partial charge in [0.15, 0.2) is 0 Å². The van der Waals surface area contributed by atoms with Crippen LogP contribution in [-0.4, -0.2) is 22.8 Å². The quantitative estimate of drug-likeness (QED) is 0.401. The maximum absolute atomic E-state index is 12.8. The van der Waals surface area contributed by atoms with Gasteiger partial charge in [0.1, 0.15) is 17.6 Å². The van der Waals surface area contributed by atoms with Crippen LogP contribution in [0.4, 0.5) is 0 Å². The van der Waals surface area contributed by atoms with E-state index in [0.717, 1.165) is 22.0 Å². The fraction of sp³-hybridized carbons (Fsp3) is 0.167. The average Bonchev–Trinajstić information content (AvgIpc) is 3.39. The van der Waals surface area contributed by atoms with E-state index in [1.54, 1.807) is 12.1 Å². The lowest BCUT2D eigenvalue weighted by atomic mass is 10.0. The Morgan fingerprint density at radius 2 is 1.84 bits per heavy atom. The number of rotatable bonds is 7. The first kappa shape index (κ1) is 20.8. The third-order valence-corrected chi connectivity index (χ3v) is 5.27. The molecule has 0 saturated heterocycles. The Balaban J connectivity index is 1.43. The smallest absolute Gasteiger partial charge is 0.243 e. The van der Waals surface area contributed by atoms with E-state index in [-0.39, 0.29) is 18.4 Å². The number of nitrogens with one attached hydrogen (secondary N) is 3. The summed E-state index contributed by atoms with van der Waals surface area (Å²) in [5.41, 5.74) is 2.86. The molecule has 6 nitrogen and oxygen atoms in total. The first-order valence-corrected chi connectivity index (χ1v) is 10.3. The van der Waals surface area contributed by atoms with E-state index in [4.69, 9.17) is 16.0 Å². The molecule has 31 heavy (non-hydrogen) atoms. The maximum Gasteiger partial charge on any atom is 0.243 e. The number of halogens is 1. The van der Waals surface area contributed by atoms with Gasteiger partial charge in [0.25, 0.3) is 0 Å². The van der Waals surface area contributed by atoms with Crippen LogP contribution in [0.25, 0.3) is 22.2 Å². The highest BCUT2D eigenvalue weighted by Crippen LogP contribution is 2.24. The van der Waals surface area contributed by atoms with Crippen molar-refractivity contribution in [1.29, 1.82) is 0 Å². The van der Waals surface area contributed by atoms with Gasteiger partial charge in [-0.25, -0.2) is 0 Å². The summed E-state index contributed by atoms with van der Waals surface area (Å²) < 4.78 is 5.83. The summed E-state index contributed by atoms with van der Waals surface area (Å²) in [6.07, 6.45) is 2.25. The molecule has 4 rings (SSSR count). The second-order valence-corrected chi connectivity index (χ2v) is 7.74. The van der Waals surface area contributed by atoms with E-state index < -0.39 is 6.04 Å². The number of hydrogen-bond donors (Lipinski definition) is 3. The highest BCUT2D eigenvalue weighted by Gasteiger charge is 2.21. The zero-order valence-corrected chi connectivity index (χ0v) is 17.7. The molecule has 2 aromatic carbocycles. The van der Waals surface area contributed by atoms with Crippen LogP contribution < -0.4 is 10.6 Å². The number of hydrogen-bond acceptors (Lipinski definition) is 3. The van der Waals surface area contributed by atoms with Crippen molar-refractivity contribution in [2.75, 3.05) is 0 Å². The first-order chi connectivity index (χ1) is 15.0. The molecule has 0 spiro atoms. The lowest BCUT2D eigenvalue weighted by molar-refractivity contribution is -0.128. The van der Waals surface area contributed by atoms with Crippen molar-refractivity contribution in [1.82, 2.24) is 15.6 Å². The number of H-pyrrole nitrogens is 1. The number of carbonyl (C=O) groups is 2. The summed E-state index contributed by atoms with van der Waals surface area (Å²) >= 11 is 5.93. The summed E-state index contributed by atoms with van der Waals surface area (Å²) in [6, 6.07) is 18.2. The summed E-state index contributed by atoms with van der Waals surface area (Å²) in [6.45, 7) is 1.62. The van der Waals surface area contributed by atoms with Gasteiger partial charge in [-0.2, -0.15) is 0 Å². The number of amides is 2. The van der Waals surface area contributed by atoms with Crippen LogP contribution in [0.2, 0.25) is 5.02 Å². The van der Waals surface area contributed by atoms with Crippen molar-refractivity contribution in [2.24, 2.45) is 0 Å². The molecule has 0 aliphatic rings. The molecule has 2 amide bonds. The highest BCUT2D eigenvalue weighted by atomic mass is 35.5. The number of carbonyl (C=O) groups excluding carboxylic acids is 2. The molecule has 2 heterocycles. The molecule has 3 N–H and O–H groups in total. The number of aromatic nitrogens is 1. The predicted molar refractivity (Wildman–Crippen MR) is 121 cm³/mol. The molecule has 0 radical (unpaired) electrons. The third-order valence-electron chi connectivity index (χ3n) is 5.02. The average molecular weight is 436 g/mol. The SMILES string of the molecule is CC(=O)N[C@@H](Cc1c[nH]c2ccccc12)C(=O)NCc1ccc(-c2ccc(Cl)cc2)o1. The second-order valence-electron chi connectivity index (χ2n) is 7.31. The monoisotopic (exact) mass is 435 g/mol. The largest absolute Gasteiger partial charge is 0.459 e. The van der Waals surface area contributed by atoms with Crippen molar-refractivity contribution in [2.45, 2.75) is 25.9 Å². The topological polar surface area (TPSA) is 87.1 Å². The van der Waals surface area contributed by atoms with Crippen LogP contribution in [0, 0.1) is 0 Å². The van der Waals surface area contributed by atoms with Crippen LogP contribution in [0.15, 0.2) is 71.3 Å². The molecular weight excluding hydrogens is 414 g/mol. The van der Waals surface area contributed by atoms with Crippen LogP contribution >= 0.6 is 11.6 Å². The van der Waals surface area contributed by atoms with E-state index in [1.165, 1.54) is 6.92 Å². The number of para-hydroxylation sites is 1. The van der Waals surface area contributed by atoms with Crippen molar-refractivity contribution in [3.63, 3.8) is 0 Å². The van der Waals surface area contributed by atoms with Gasteiger partial charge in [0, 0.05) is 41.0 Å². The van der Waals surface area contributed by atoms with Gasteiger partial charge in [-0.3, -0.25) is 9.59 Å². The predicted octanol–water partition coefficient (Wildman–Crippen LogP) is 4.44. The summed E-state index contributed by atoms with van der Waals surface area (Å²) in [4.78, 5) is 27.7. The van der Waals surface area contributed by atoms with Crippen LogP contribution in [0.5, 0.6) is 0 Å². The molecule has 4 aromatic rings. The lowest BCUT2D eigenvalue weighted by Gasteiger charge is -2.17. The molecule has 0 saturated carbocycles. The Morgan fingerprint density at radius 1 is 1.06 bits per heavy atom. The number of furan rings is 1. The second kappa shape index (κ2) is 9.10. The first-order valence-electron chi connectivity index (χ1n) is 9.94. The molecule has 158 valence electrons. The normalized spacial score (nSPS) is 11.9. The van der Waals surface area contributed by atoms with E-state index in [9.17, 15) is 9.59 Å². The molecular formula is C24H22ClN3O3. The highest BCUT2D eigenvalue weighted by molar-refractivity contribution is 6.30. The van der Waals surface area contributed by atoms with Gasteiger partial charge in [-0.1, -0.05) is 29.8 Å². The molecule has 1 atom stereocenters. The number of fused-ring (bicyclic) bond motifs is 1. The van der Waals surface area contributed by atoms with Crippen molar-refractivity contribution < 1.29 is 14.0 Å².